The number of rotatable bonds is 4. The summed E-state index contributed by atoms with van der Waals surface area (Å²) < 4.78 is 16.0. The van der Waals surface area contributed by atoms with Gasteiger partial charge in [-0.2, -0.15) is 0 Å². The summed E-state index contributed by atoms with van der Waals surface area (Å²) in [6.07, 6.45) is 2.08. The van der Waals surface area contributed by atoms with Crippen molar-refractivity contribution >= 4 is 78.3 Å². The Hall–Kier alpha value is -6.79. The Labute approximate surface area is 526 Å². The topological polar surface area (TPSA) is 187 Å². The van der Waals surface area contributed by atoms with Crippen LogP contribution in [0.25, 0.3) is 39.1 Å². The van der Waals surface area contributed by atoms with E-state index in [9.17, 15) is 18.9 Å². The van der Waals surface area contributed by atoms with Gasteiger partial charge < -0.3 is 31.1 Å². The lowest BCUT2D eigenvalue weighted by molar-refractivity contribution is -0.119. The molecule has 5 aromatic heterocycles. The van der Waals surface area contributed by atoms with Gasteiger partial charge in [-0.05, 0) is 261 Å². The average molecular weight is 1250 g/mol. The number of nitrogen functional groups attached to an aromatic ring is 2. The zero-order valence-electron chi connectivity index (χ0n) is 54.4. The molecule has 0 unspecified atom stereocenters. The summed E-state index contributed by atoms with van der Waals surface area (Å²) in [5, 5.41) is 6.08. The van der Waals surface area contributed by atoms with Crippen LogP contribution in [0.2, 0.25) is 0 Å². The van der Waals surface area contributed by atoms with Gasteiger partial charge in [-0.15, -0.1) is 0 Å². The fraction of sp³-hybridized carbons (Fsp3) is 0.357. The highest BCUT2D eigenvalue weighted by molar-refractivity contribution is 8.24. The zero-order chi connectivity index (χ0) is 65.0. The van der Waals surface area contributed by atoms with Gasteiger partial charge in [-0.3, -0.25) is 28.1 Å². The number of benzene rings is 4. The first-order chi connectivity index (χ1) is 39.3. The minimum atomic E-state index is -3.22. The molecule has 0 bridgehead atoms. The van der Waals surface area contributed by atoms with Crippen LogP contribution in [0.3, 0.4) is 0 Å². The number of aromatic amines is 2. The first kappa shape index (κ1) is 75.3. The average Bonchev–Trinajstić information content (AvgIpc) is 1.63. The molecule has 4 aromatic carbocycles. The number of anilines is 2. The summed E-state index contributed by atoms with van der Waals surface area (Å²) in [5.41, 5.74) is 41.7. The van der Waals surface area contributed by atoms with E-state index in [2.05, 4.69) is 222 Å². The monoisotopic (exact) mass is 1250 g/mol. The van der Waals surface area contributed by atoms with Crippen molar-refractivity contribution in [3.8, 4) is 17.1 Å². The highest BCUT2D eigenvalue weighted by Crippen LogP contribution is 2.61. The van der Waals surface area contributed by atoms with E-state index in [-0.39, 0.29) is 30.7 Å². The number of nitrogens with one attached hydrogen (secondary N) is 2. The van der Waals surface area contributed by atoms with E-state index in [0.29, 0.717) is 0 Å². The maximum Gasteiger partial charge on any atom is 0.339 e. The zero-order valence-corrected chi connectivity index (χ0v) is 57.5. The van der Waals surface area contributed by atoms with Gasteiger partial charge in [0.05, 0.1) is 27.8 Å². The fourth-order valence-electron chi connectivity index (χ4n) is 10.5. The van der Waals surface area contributed by atoms with Crippen LogP contribution < -0.4 is 22.3 Å². The molecule has 0 aliphatic rings. The van der Waals surface area contributed by atoms with Crippen LogP contribution in [0.15, 0.2) is 94.0 Å². The van der Waals surface area contributed by atoms with E-state index in [1.165, 1.54) is 90.6 Å². The maximum absolute atomic E-state index is 12.5. The largest absolute Gasteiger partial charge is 0.398 e. The normalized spacial score (nSPS) is 10.5. The van der Waals surface area contributed by atoms with Gasteiger partial charge >= 0.3 is 5.20 Å². The molecule has 0 aliphatic heterocycles. The van der Waals surface area contributed by atoms with Crippen molar-refractivity contribution in [1.29, 1.82) is 0 Å². The quantitative estimate of drug-likeness (QED) is 0.0659. The predicted molar refractivity (Wildman–Crippen MR) is 374 cm³/mol. The number of Topliss-reactive ketones (excluding diaryl/α,β-unsaturated/α-hetero) is 1. The number of H-pyrrole nitrogens is 2. The van der Waals surface area contributed by atoms with Crippen molar-refractivity contribution in [3.63, 3.8) is 0 Å². The number of fused-ring (bicyclic) bond motifs is 2. The number of allylic oxidation sites excluding steroid dienone is 2. The van der Waals surface area contributed by atoms with Crippen LogP contribution in [-0.2, 0) is 9.36 Å². The number of nitrogens with two attached hydrogens (primary N) is 2. The number of halogens is 3. The molecule has 0 aliphatic carbocycles. The molecule has 0 saturated carbocycles. The van der Waals surface area contributed by atoms with Crippen molar-refractivity contribution in [3.05, 3.63) is 211 Å². The van der Waals surface area contributed by atoms with Crippen LogP contribution >= 0.6 is 38.9 Å². The number of ketones is 1. The van der Waals surface area contributed by atoms with Crippen LogP contribution in [0, 0.1) is 132 Å². The molecule has 0 atom stereocenters. The number of pyridine rings is 2. The van der Waals surface area contributed by atoms with Gasteiger partial charge in [0.2, 0.25) is 0 Å². The van der Waals surface area contributed by atoms with Crippen LogP contribution in [0.5, 0.6) is 0 Å². The van der Waals surface area contributed by atoms with Crippen molar-refractivity contribution in [1.82, 2.24) is 23.7 Å². The molecule has 0 saturated heterocycles. The highest BCUT2D eigenvalue weighted by Gasteiger charge is 2.18. The summed E-state index contributed by atoms with van der Waals surface area (Å²) in [5.74, 6) is 0.655. The summed E-state index contributed by atoms with van der Waals surface area (Å²) in [6, 6.07) is 25.1. The van der Waals surface area contributed by atoms with Gasteiger partial charge in [0.25, 0.3) is 0 Å². The summed E-state index contributed by atoms with van der Waals surface area (Å²) >= 11 is 13.8. The Morgan fingerprint density at radius 1 is 0.512 bits per heavy atom. The van der Waals surface area contributed by atoms with Gasteiger partial charge in [0.1, 0.15) is 23.7 Å². The lowest BCUT2D eigenvalue weighted by Crippen LogP contribution is -2.11. The minimum Gasteiger partial charge on any atom is -0.398 e. The number of aliphatic hydroxyl groups excluding tert-OH is 1. The molecule has 9 rings (SSSR count). The van der Waals surface area contributed by atoms with Gasteiger partial charge in [-0.1, -0.05) is 89.9 Å². The summed E-state index contributed by atoms with van der Waals surface area (Å²) in [4.78, 5) is 41.1. The molecule has 12 nitrogen and oxygen atoms in total. The van der Waals surface area contributed by atoms with Gasteiger partial charge in [0, 0.05) is 45.8 Å². The van der Waals surface area contributed by atoms with Crippen LogP contribution in [-0.4, -0.2) is 41.2 Å². The Morgan fingerprint density at radius 3 is 1.13 bits per heavy atom. The molecule has 9 aromatic rings. The predicted octanol–water partition coefficient (Wildman–Crippen LogP) is 18.8. The Kier molecular flexibility index (Phi) is 28.3. The second-order valence-electron chi connectivity index (χ2n) is 22.7. The van der Waals surface area contributed by atoms with Crippen molar-refractivity contribution in [2.75, 3.05) is 18.1 Å². The van der Waals surface area contributed by atoms with Crippen LogP contribution in [0.1, 0.15) is 141 Å². The Bertz CT molecular complexity index is 3990. The first-order valence-corrected chi connectivity index (χ1v) is 32.5. The van der Waals surface area contributed by atoms with Crippen LogP contribution in [0.4, 0.5) is 11.5 Å². The second kappa shape index (κ2) is 32.3. The van der Waals surface area contributed by atoms with Gasteiger partial charge in [0.15, 0.2) is 16.6 Å². The number of hydrogen-bond donors (Lipinski definition) is 5. The molecule has 5 heterocycles. The van der Waals surface area contributed by atoms with E-state index in [4.69, 9.17) is 16.6 Å². The van der Waals surface area contributed by atoms with Crippen molar-refractivity contribution < 1.29 is 14.5 Å². The fourth-order valence-corrected chi connectivity index (χ4v) is 10.5. The number of aliphatic hydroxyl groups is 1. The summed E-state index contributed by atoms with van der Waals surface area (Å²) in [7, 11) is 0. The molecule has 86 heavy (non-hydrogen) atoms. The molecule has 16 heteroatoms. The van der Waals surface area contributed by atoms with Crippen molar-refractivity contribution in [2.24, 2.45) is 0 Å². The third kappa shape index (κ3) is 20.1. The highest BCUT2D eigenvalue weighted by atomic mass is 36.0. The second-order valence-corrected chi connectivity index (χ2v) is 29.3. The minimum absolute atomic E-state index is 0. The molecule has 466 valence electrons. The Balaban J connectivity index is 0.000000368. The molecular formula is C70H95Cl3N7O5P. The smallest absolute Gasteiger partial charge is 0.339 e. The number of carbonyl (C=O) groups excluding carboxylic acids is 1. The third-order valence-corrected chi connectivity index (χ3v) is 14.3. The number of hydrogen-bond acceptors (Lipinski definition) is 7. The SMILES string of the molecule is C.CC(=O)CO.CC=C(C)C.Cc1cc(C)c(-n2c(C)cc(C)c2N)c(C)c1.Cc1cc(C)c(-n2c(C)cc3c(=O)c(C)c(C)[nH]c32)c(C)c1.Cc1cc(C)c(-n2c(C)cc3c(=O)cc(C)[nH]c32)c(C)c1.Cc1cc(C)c(N)c(C)c1.O=P(Cl)(Cl)Cl. The van der Waals surface area contributed by atoms with E-state index < -0.39 is 5.20 Å². The molecule has 0 amide bonds. The molecule has 0 fully saturated rings. The van der Waals surface area contributed by atoms with E-state index >= 15 is 0 Å². The summed E-state index contributed by atoms with van der Waals surface area (Å²) in [6.45, 7) is 46.5. The molecule has 0 radical (unpaired) electrons. The van der Waals surface area contributed by atoms with Gasteiger partial charge in [-0.25, -0.2) is 0 Å². The lowest BCUT2D eigenvalue weighted by atomic mass is 10.0. The lowest BCUT2D eigenvalue weighted by Gasteiger charge is -2.16. The standard InChI is InChI=1S/C19H22N2O.C18H20N2O.C15H20N2.C9H13N.C5H10.C3H6O2.CH4.Cl3OP/c1-10-7-11(2)17(12(3)8-10)21-13(4)9-16-18(22)14(5)15(6)20-19(16)21;1-10-6-11(2)17(12(3)7-10)20-14(5)9-15-16(21)8-13(4)19-18(15)20;1-9-6-10(2)14(11(3)7-9)17-13(5)8-12(4)15(17)16;1-6-4-7(2)9(10)8(3)5-6;1-4-5(2)3;1-3(5)2-4;;1-5(2,3)4/h7-9H,1-6H3,(H,20,22);6-9H,1-5H3,(H,19,21);6-8H,16H2,1-5H3;4-5H,10H2,1-3H3;4H,1-3H3;4H,2H2,1H3;1H4;. The Morgan fingerprint density at radius 2 is 0.814 bits per heavy atom. The molecule has 7 N–H and O–H groups in total. The van der Waals surface area contributed by atoms with Crippen molar-refractivity contribution in [2.45, 2.75) is 167 Å². The first-order valence-electron chi connectivity index (χ1n) is 28.1. The number of nitrogens with zero attached hydrogens (tertiary/aromatic N) is 3. The molecular weight excluding hydrogens is 1160 g/mol. The van der Waals surface area contributed by atoms with E-state index in [1.807, 2.05) is 60.6 Å². The van der Waals surface area contributed by atoms with E-state index in [0.717, 1.165) is 78.8 Å². The third-order valence-electron chi connectivity index (χ3n) is 14.3. The molecule has 0 spiro atoms. The number of carbonyl (C=O) groups is 1. The number of aryl methyl sites for hydroxylation is 18. The number of aromatic nitrogens is 5. The van der Waals surface area contributed by atoms with E-state index in [1.54, 1.807) is 6.07 Å². The maximum atomic E-state index is 12.5.